The lowest BCUT2D eigenvalue weighted by molar-refractivity contribution is -0.133. The van der Waals surface area contributed by atoms with Gasteiger partial charge in [-0.2, -0.15) is 0 Å². The van der Waals surface area contributed by atoms with Crippen molar-refractivity contribution in [1.82, 2.24) is 19.7 Å². The van der Waals surface area contributed by atoms with E-state index in [0.717, 1.165) is 0 Å². The van der Waals surface area contributed by atoms with Crippen molar-refractivity contribution in [3.8, 4) is 11.5 Å². The van der Waals surface area contributed by atoms with Crippen LogP contribution in [-0.2, 0) is 11.2 Å². The Morgan fingerprint density at radius 3 is 2.81 bits per heavy atom. The number of hydrogen-bond acceptors (Lipinski definition) is 5. The van der Waals surface area contributed by atoms with Gasteiger partial charge in [0.1, 0.15) is 17.3 Å². The zero-order valence-electron chi connectivity index (χ0n) is 20.5. The summed E-state index contributed by atoms with van der Waals surface area (Å²) in [4.78, 5) is 35.7. The number of aromatic amines is 1. The number of carbonyl (C=O) groups is 2. The monoisotopic (exact) mass is 492 g/mol. The number of nitrogens with one attached hydrogen (secondary N) is 1. The largest absolute Gasteiger partial charge is 0.508 e. The highest BCUT2D eigenvalue weighted by atomic mass is 19.1. The van der Waals surface area contributed by atoms with Gasteiger partial charge in [-0.25, -0.2) is 9.18 Å². The molecule has 9 heteroatoms. The summed E-state index contributed by atoms with van der Waals surface area (Å²) >= 11 is 0. The van der Waals surface area contributed by atoms with Crippen LogP contribution in [0.4, 0.5) is 9.18 Å². The Labute approximate surface area is 208 Å². The molecular formula is C27H29FN4O4. The summed E-state index contributed by atoms with van der Waals surface area (Å²) in [6.07, 6.45) is 1.90. The van der Waals surface area contributed by atoms with Crippen molar-refractivity contribution in [3.05, 3.63) is 71.7 Å². The second kappa shape index (κ2) is 8.67. The van der Waals surface area contributed by atoms with E-state index in [0.29, 0.717) is 40.8 Å². The van der Waals surface area contributed by atoms with Gasteiger partial charge in [0.25, 0.3) is 5.91 Å². The van der Waals surface area contributed by atoms with Crippen LogP contribution >= 0.6 is 0 Å². The number of aromatic hydroxyl groups is 1. The van der Waals surface area contributed by atoms with Gasteiger partial charge in [-0.1, -0.05) is 18.2 Å². The first kappa shape index (κ1) is 23.9. The standard InChI is InChI=1S/C27H29FN4O4/c1-5-11-30(3)12-13-31-25(34)27(2)15-18-21-19(9-10-20(36-4)22(21)28)29-23(18)24(32(27)26(31)35)16-7-6-8-17(33)14-16/h5-10,14,24,29,33H,1,11-13,15H2,2-4H3. The van der Waals surface area contributed by atoms with E-state index in [1.807, 2.05) is 11.9 Å². The Kier molecular flexibility index (Phi) is 5.75. The van der Waals surface area contributed by atoms with Crippen molar-refractivity contribution in [3.63, 3.8) is 0 Å². The number of hydrogen-bond donors (Lipinski definition) is 2. The predicted octanol–water partition coefficient (Wildman–Crippen LogP) is 3.81. The maximum absolute atomic E-state index is 15.5. The molecule has 2 atom stereocenters. The Hall–Kier alpha value is -3.85. The molecule has 3 amide bonds. The van der Waals surface area contributed by atoms with Gasteiger partial charge in [0.05, 0.1) is 7.11 Å². The lowest BCUT2D eigenvalue weighted by Crippen LogP contribution is -2.53. The zero-order chi connectivity index (χ0) is 25.8. The normalized spacial score (nSPS) is 21.3. The summed E-state index contributed by atoms with van der Waals surface area (Å²) < 4.78 is 20.7. The highest BCUT2D eigenvalue weighted by Gasteiger charge is 2.60. The molecule has 0 saturated carbocycles. The molecule has 2 N–H and O–H groups in total. The summed E-state index contributed by atoms with van der Waals surface area (Å²) in [6.45, 7) is 6.80. The van der Waals surface area contributed by atoms with Crippen LogP contribution in [0.5, 0.6) is 11.5 Å². The van der Waals surface area contributed by atoms with Crippen molar-refractivity contribution >= 4 is 22.8 Å². The quantitative estimate of drug-likeness (QED) is 0.387. The molecule has 3 aromatic rings. The van der Waals surface area contributed by atoms with Crippen LogP contribution in [0.15, 0.2) is 49.1 Å². The number of methoxy groups -OCH3 is 1. The number of fused-ring (bicyclic) bond motifs is 4. The van der Waals surface area contributed by atoms with Crippen LogP contribution in [-0.4, -0.2) is 76.1 Å². The summed E-state index contributed by atoms with van der Waals surface area (Å²) in [6, 6.07) is 8.73. The molecule has 36 heavy (non-hydrogen) atoms. The highest BCUT2D eigenvalue weighted by Crippen LogP contribution is 2.49. The van der Waals surface area contributed by atoms with Gasteiger partial charge in [0.2, 0.25) is 0 Å². The summed E-state index contributed by atoms with van der Waals surface area (Å²) in [5.41, 5.74) is 1.18. The third-order valence-electron chi connectivity index (χ3n) is 7.28. The second-order valence-corrected chi connectivity index (χ2v) is 9.63. The molecule has 5 rings (SSSR count). The molecule has 0 aliphatic carbocycles. The maximum atomic E-state index is 15.5. The predicted molar refractivity (Wildman–Crippen MR) is 134 cm³/mol. The number of benzene rings is 2. The number of H-pyrrole nitrogens is 1. The van der Waals surface area contributed by atoms with E-state index in [1.165, 1.54) is 12.0 Å². The molecule has 2 aliphatic rings. The van der Waals surface area contributed by atoms with Gasteiger partial charge >= 0.3 is 6.03 Å². The molecule has 0 bridgehead atoms. The second-order valence-electron chi connectivity index (χ2n) is 9.63. The lowest BCUT2D eigenvalue weighted by Gasteiger charge is -2.42. The first-order chi connectivity index (χ1) is 17.2. The number of urea groups is 1. The molecule has 1 fully saturated rings. The number of nitrogens with zero attached hydrogens (tertiary/aromatic N) is 3. The minimum atomic E-state index is -1.23. The smallest absolute Gasteiger partial charge is 0.328 e. The lowest BCUT2D eigenvalue weighted by atomic mass is 9.81. The molecule has 2 aromatic carbocycles. The Balaban J connectivity index is 1.68. The third kappa shape index (κ3) is 3.45. The summed E-state index contributed by atoms with van der Waals surface area (Å²) in [5, 5.41) is 10.6. The number of halogens is 1. The maximum Gasteiger partial charge on any atom is 0.328 e. The SMILES string of the molecule is C=CCN(C)CCN1C(=O)N2C(c3cccc(O)c3)c3[nH]c4ccc(OC)c(F)c4c3CC2(C)C1=O. The van der Waals surface area contributed by atoms with E-state index in [9.17, 15) is 14.7 Å². The average Bonchev–Trinajstić information content (AvgIpc) is 3.29. The molecule has 3 heterocycles. The van der Waals surface area contributed by atoms with Crippen molar-refractivity contribution in [2.45, 2.75) is 24.9 Å². The van der Waals surface area contributed by atoms with Gasteiger partial charge in [0, 0.05) is 42.7 Å². The van der Waals surface area contributed by atoms with Gasteiger partial charge in [-0.3, -0.25) is 14.6 Å². The fourth-order valence-corrected chi connectivity index (χ4v) is 5.53. The fraction of sp³-hybridized carbons (Fsp3) is 0.333. The van der Waals surface area contributed by atoms with E-state index in [2.05, 4.69) is 11.6 Å². The molecule has 0 radical (unpaired) electrons. The molecule has 2 unspecified atom stereocenters. The van der Waals surface area contributed by atoms with Gasteiger partial charge in [0.15, 0.2) is 11.6 Å². The van der Waals surface area contributed by atoms with E-state index < -0.39 is 23.4 Å². The Morgan fingerprint density at radius 1 is 1.33 bits per heavy atom. The number of likely N-dealkylation sites (N-methyl/N-ethyl adjacent to an activating group) is 1. The third-order valence-corrected chi connectivity index (χ3v) is 7.28. The number of carbonyl (C=O) groups excluding carboxylic acids is 2. The molecule has 188 valence electrons. The van der Waals surface area contributed by atoms with E-state index in [1.54, 1.807) is 54.3 Å². The molecular weight excluding hydrogens is 463 g/mol. The number of amides is 3. The van der Waals surface area contributed by atoms with Gasteiger partial charge in [-0.15, -0.1) is 6.58 Å². The van der Waals surface area contributed by atoms with Crippen molar-refractivity contribution in [1.29, 1.82) is 0 Å². The zero-order valence-corrected chi connectivity index (χ0v) is 20.5. The molecule has 0 spiro atoms. The van der Waals surface area contributed by atoms with Crippen molar-refractivity contribution in [2.24, 2.45) is 0 Å². The van der Waals surface area contributed by atoms with Crippen LogP contribution in [0.1, 0.15) is 29.8 Å². The molecule has 2 aliphatic heterocycles. The highest BCUT2D eigenvalue weighted by molar-refractivity contribution is 6.08. The van der Waals surface area contributed by atoms with Gasteiger partial charge in [-0.05, 0) is 49.4 Å². The molecule has 8 nitrogen and oxygen atoms in total. The van der Waals surface area contributed by atoms with Crippen LogP contribution in [0.25, 0.3) is 10.9 Å². The number of ether oxygens (including phenoxy) is 1. The molecule has 1 saturated heterocycles. The number of phenolic OH excluding ortho intramolecular Hbond substituents is 1. The van der Waals surface area contributed by atoms with Crippen molar-refractivity contribution < 1.29 is 23.8 Å². The first-order valence-corrected chi connectivity index (χ1v) is 11.8. The Bertz CT molecular complexity index is 1390. The van der Waals surface area contributed by atoms with Crippen molar-refractivity contribution in [2.75, 3.05) is 33.8 Å². The molecule has 1 aromatic heterocycles. The van der Waals surface area contributed by atoms with E-state index in [-0.39, 0.29) is 30.4 Å². The van der Waals surface area contributed by atoms with Crippen LogP contribution in [0.2, 0.25) is 0 Å². The first-order valence-electron chi connectivity index (χ1n) is 11.8. The number of phenols is 1. The van der Waals surface area contributed by atoms with E-state index >= 15 is 4.39 Å². The summed E-state index contributed by atoms with van der Waals surface area (Å²) in [5.74, 6) is -0.704. The van der Waals surface area contributed by atoms with Crippen LogP contribution in [0, 0.1) is 5.82 Å². The topological polar surface area (TPSA) is 89.1 Å². The number of imide groups is 1. The van der Waals surface area contributed by atoms with E-state index in [4.69, 9.17) is 4.74 Å². The average molecular weight is 493 g/mol. The number of aromatic nitrogens is 1. The van der Waals surface area contributed by atoms with Gasteiger partial charge < -0.3 is 19.7 Å². The number of rotatable bonds is 7. The Morgan fingerprint density at radius 2 is 2.11 bits per heavy atom. The van der Waals surface area contributed by atoms with Crippen LogP contribution < -0.4 is 4.74 Å². The fourth-order valence-electron chi connectivity index (χ4n) is 5.53. The van der Waals surface area contributed by atoms with Crippen LogP contribution in [0.3, 0.4) is 0 Å². The summed E-state index contributed by atoms with van der Waals surface area (Å²) in [7, 11) is 3.30. The minimum Gasteiger partial charge on any atom is -0.508 e. The minimum absolute atomic E-state index is 0.0335.